The van der Waals surface area contributed by atoms with Crippen LogP contribution in [0.2, 0.25) is 5.02 Å². The topological polar surface area (TPSA) is 111 Å². The van der Waals surface area contributed by atoms with Crippen LogP contribution in [0.3, 0.4) is 0 Å². The second-order valence-corrected chi connectivity index (χ2v) is 12.9. The number of para-hydroxylation sites is 1. The number of aromatic nitrogens is 3. The van der Waals surface area contributed by atoms with Crippen molar-refractivity contribution in [2.75, 3.05) is 20.0 Å². The van der Waals surface area contributed by atoms with Gasteiger partial charge in [-0.2, -0.15) is 5.10 Å². The minimum absolute atomic E-state index is 0.0261. The Morgan fingerprint density at radius 1 is 1.02 bits per heavy atom. The molecule has 13 heteroatoms. The highest BCUT2D eigenvalue weighted by molar-refractivity contribution is 7.99. The van der Waals surface area contributed by atoms with Gasteiger partial charge < -0.3 is 14.8 Å². The maximum Gasteiger partial charge on any atom is 0.253 e. The normalized spacial score (nSPS) is 14.2. The van der Waals surface area contributed by atoms with Crippen molar-refractivity contribution < 1.29 is 19.1 Å². The van der Waals surface area contributed by atoms with E-state index >= 15 is 0 Å². The average molecular weight is 687 g/mol. The van der Waals surface area contributed by atoms with Gasteiger partial charge in [0.2, 0.25) is 0 Å². The zero-order valence-electron chi connectivity index (χ0n) is 25.8. The highest BCUT2D eigenvalue weighted by atomic mass is 35.5. The third kappa shape index (κ3) is 7.04. The van der Waals surface area contributed by atoms with Gasteiger partial charge in [0.1, 0.15) is 0 Å². The number of amides is 2. The quantitative estimate of drug-likeness (QED) is 0.154. The number of hydrogen-bond donors (Lipinski definition) is 1. The number of carbonyl (C=O) groups excluding carboxylic acids is 2. The second kappa shape index (κ2) is 14.4. The molecule has 1 aliphatic rings. The molecule has 3 heterocycles. The number of carbonyl (C=O) groups is 2. The number of methoxy groups -OCH3 is 2. The summed E-state index contributed by atoms with van der Waals surface area (Å²) in [5.74, 6) is 1.20. The monoisotopic (exact) mass is 686 g/mol. The summed E-state index contributed by atoms with van der Waals surface area (Å²) < 4.78 is 13.1. The molecule has 240 valence electrons. The molecule has 10 nitrogen and oxygen atoms in total. The van der Waals surface area contributed by atoms with Crippen LogP contribution in [-0.2, 0) is 11.3 Å². The van der Waals surface area contributed by atoms with Crippen LogP contribution in [-0.4, -0.2) is 57.3 Å². The first-order chi connectivity index (χ1) is 22.9. The minimum Gasteiger partial charge on any atom is -0.493 e. The predicted octanol–water partition coefficient (Wildman–Crippen LogP) is 6.71. The van der Waals surface area contributed by atoms with E-state index in [2.05, 4.69) is 15.5 Å². The lowest BCUT2D eigenvalue weighted by Crippen LogP contribution is -2.29. The Morgan fingerprint density at radius 3 is 2.60 bits per heavy atom. The molecule has 6 rings (SSSR count). The van der Waals surface area contributed by atoms with Crippen LogP contribution in [0.15, 0.2) is 94.5 Å². The molecule has 1 aliphatic heterocycles. The molecular formula is C34H31ClN6O4S2. The maximum atomic E-state index is 14.0. The van der Waals surface area contributed by atoms with Crippen molar-refractivity contribution in [3.8, 4) is 17.2 Å². The number of hydrogen-bond acceptors (Lipinski definition) is 9. The number of ether oxygens (including phenoxy) is 2. The van der Waals surface area contributed by atoms with E-state index < -0.39 is 6.04 Å². The van der Waals surface area contributed by atoms with Crippen molar-refractivity contribution in [1.82, 2.24) is 25.1 Å². The van der Waals surface area contributed by atoms with E-state index in [1.54, 1.807) is 48.3 Å². The predicted molar refractivity (Wildman–Crippen MR) is 184 cm³/mol. The molecule has 2 aromatic heterocycles. The number of hydrazone groups is 1. The number of nitrogens with zero attached hydrogens (tertiary/aromatic N) is 5. The summed E-state index contributed by atoms with van der Waals surface area (Å²) in [5, 5.41) is 21.0. The molecular weight excluding hydrogens is 656 g/mol. The SMILES string of the molecule is COc1cccc(C2CC(c3cccs3)=NN2C(=O)CSc2nnc(CNC(=O)c3cccc(C)c3)n2-c2cccc(Cl)c2)c1OC. The maximum absolute atomic E-state index is 14.0. The molecule has 47 heavy (non-hydrogen) atoms. The zero-order chi connectivity index (χ0) is 32.9. The van der Waals surface area contributed by atoms with Gasteiger partial charge in [-0.3, -0.25) is 14.2 Å². The van der Waals surface area contributed by atoms with Crippen molar-refractivity contribution in [2.45, 2.75) is 31.1 Å². The highest BCUT2D eigenvalue weighted by Gasteiger charge is 2.36. The van der Waals surface area contributed by atoms with Gasteiger partial charge in [0.25, 0.3) is 11.8 Å². The lowest BCUT2D eigenvalue weighted by Gasteiger charge is -2.24. The van der Waals surface area contributed by atoms with Gasteiger partial charge in [-0.1, -0.05) is 65.3 Å². The molecule has 1 N–H and O–H groups in total. The third-order valence-electron chi connectivity index (χ3n) is 7.54. The van der Waals surface area contributed by atoms with Crippen LogP contribution in [0.4, 0.5) is 0 Å². The van der Waals surface area contributed by atoms with Gasteiger partial charge in [-0.25, -0.2) is 5.01 Å². The van der Waals surface area contributed by atoms with Crippen molar-refractivity contribution in [2.24, 2.45) is 5.10 Å². The van der Waals surface area contributed by atoms with E-state index in [9.17, 15) is 9.59 Å². The molecule has 0 saturated heterocycles. The van der Waals surface area contributed by atoms with Crippen LogP contribution < -0.4 is 14.8 Å². The van der Waals surface area contributed by atoms with Crippen LogP contribution in [0.1, 0.15) is 44.6 Å². The Kier molecular flexibility index (Phi) is 9.90. The third-order valence-corrected chi connectivity index (χ3v) is 9.61. The summed E-state index contributed by atoms with van der Waals surface area (Å²) in [7, 11) is 3.17. The number of rotatable bonds is 11. The van der Waals surface area contributed by atoms with Crippen LogP contribution in [0.25, 0.3) is 5.69 Å². The molecule has 1 unspecified atom stereocenters. The van der Waals surface area contributed by atoms with Crippen molar-refractivity contribution >= 4 is 52.2 Å². The molecule has 5 aromatic rings. The smallest absolute Gasteiger partial charge is 0.253 e. The summed E-state index contributed by atoms with van der Waals surface area (Å²) in [6.45, 7) is 2.04. The zero-order valence-corrected chi connectivity index (χ0v) is 28.2. The summed E-state index contributed by atoms with van der Waals surface area (Å²) in [6.07, 6.45) is 0.518. The van der Waals surface area contributed by atoms with Gasteiger partial charge in [-0.15, -0.1) is 21.5 Å². The van der Waals surface area contributed by atoms with E-state index in [0.29, 0.717) is 45.2 Å². The largest absolute Gasteiger partial charge is 0.493 e. The average Bonchev–Trinajstić information content (AvgIpc) is 3.86. The molecule has 1 atom stereocenters. The Bertz CT molecular complexity index is 1940. The molecule has 0 bridgehead atoms. The summed E-state index contributed by atoms with van der Waals surface area (Å²) in [5.41, 5.74) is 3.86. The minimum atomic E-state index is -0.400. The molecule has 0 aliphatic carbocycles. The number of thiophene rings is 1. The van der Waals surface area contributed by atoms with Gasteiger partial charge in [0.05, 0.1) is 48.8 Å². The van der Waals surface area contributed by atoms with Gasteiger partial charge in [0.15, 0.2) is 22.5 Å². The van der Waals surface area contributed by atoms with Gasteiger partial charge >= 0.3 is 0 Å². The Hall–Kier alpha value is -4.65. The Balaban J connectivity index is 1.27. The molecule has 0 spiro atoms. The molecule has 3 aromatic carbocycles. The summed E-state index contributed by atoms with van der Waals surface area (Å²) >= 11 is 9.16. The van der Waals surface area contributed by atoms with E-state index in [-0.39, 0.29) is 24.1 Å². The fraction of sp³-hybridized carbons (Fsp3) is 0.206. The first-order valence-electron chi connectivity index (χ1n) is 14.7. The number of thioether (sulfide) groups is 1. The Labute approximate surface area is 285 Å². The van der Waals surface area contributed by atoms with E-state index in [1.807, 2.05) is 73.0 Å². The first-order valence-corrected chi connectivity index (χ1v) is 16.9. The molecule has 0 fully saturated rings. The van der Waals surface area contributed by atoms with Crippen LogP contribution >= 0.6 is 34.7 Å². The number of benzene rings is 3. The standard InChI is InChI=1S/C34H31ClN6O4S2/c1-21-8-4-9-22(16-21)33(43)36-19-30-37-38-34(40(30)24-11-5-10-23(35)17-24)47-20-31(42)41-27(18-26(39-41)29-14-7-15-46-29)25-12-6-13-28(44-2)32(25)45-3/h4-17,27H,18-20H2,1-3H3,(H,36,43). The molecule has 0 radical (unpaired) electrons. The van der Waals surface area contributed by atoms with E-state index in [1.165, 1.54) is 16.8 Å². The van der Waals surface area contributed by atoms with Crippen molar-refractivity contribution in [3.63, 3.8) is 0 Å². The van der Waals surface area contributed by atoms with Crippen molar-refractivity contribution in [3.05, 3.63) is 117 Å². The summed E-state index contributed by atoms with van der Waals surface area (Å²) in [6, 6.07) is 23.8. The first kappa shape index (κ1) is 32.3. The van der Waals surface area contributed by atoms with Gasteiger partial charge in [-0.05, 0) is 54.8 Å². The number of nitrogens with one attached hydrogen (secondary N) is 1. The molecule has 2 amide bonds. The van der Waals surface area contributed by atoms with Crippen LogP contribution in [0.5, 0.6) is 11.5 Å². The number of aryl methyl sites for hydroxylation is 1. The second-order valence-electron chi connectivity index (χ2n) is 10.6. The summed E-state index contributed by atoms with van der Waals surface area (Å²) in [4.78, 5) is 27.9. The van der Waals surface area contributed by atoms with E-state index in [4.69, 9.17) is 26.2 Å². The van der Waals surface area contributed by atoms with E-state index in [0.717, 1.165) is 21.7 Å². The lowest BCUT2D eigenvalue weighted by molar-refractivity contribution is -0.130. The highest BCUT2D eigenvalue weighted by Crippen LogP contribution is 2.42. The fourth-order valence-electron chi connectivity index (χ4n) is 5.37. The Morgan fingerprint density at radius 2 is 1.85 bits per heavy atom. The molecule has 0 saturated carbocycles. The van der Waals surface area contributed by atoms with Crippen LogP contribution in [0, 0.1) is 6.92 Å². The number of halogens is 1. The lowest BCUT2D eigenvalue weighted by atomic mass is 9.99. The van der Waals surface area contributed by atoms with Crippen molar-refractivity contribution in [1.29, 1.82) is 0 Å². The fourth-order valence-corrected chi connectivity index (χ4v) is 7.10. The van der Waals surface area contributed by atoms with Gasteiger partial charge in [0, 0.05) is 22.6 Å².